The molecule has 0 saturated carbocycles. The zero-order chi connectivity index (χ0) is 15.4. The molecule has 1 amide bonds. The number of rotatable bonds is 3. The standard InChI is InChI=1S/C16H14ClNO3/c1-10-7-8-12(17)9-14(10)18-16(20)13-5-3-4-6-15(13)21-11(2)19/h3-9H,1-2H3,(H,18,20). The van der Waals surface area contributed by atoms with Crippen molar-refractivity contribution in [3.63, 3.8) is 0 Å². The Bertz CT molecular complexity index is 698. The van der Waals surface area contributed by atoms with Crippen LogP contribution in [-0.2, 0) is 4.79 Å². The van der Waals surface area contributed by atoms with Crippen molar-refractivity contribution in [2.45, 2.75) is 13.8 Å². The minimum atomic E-state index is -0.478. The van der Waals surface area contributed by atoms with Crippen LogP contribution in [0.2, 0.25) is 5.02 Å². The topological polar surface area (TPSA) is 55.4 Å². The molecule has 0 heterocycles. The molecule has 1 N–H and O–H groups in total. The van der Waals surface area contributed by atoms with E-state index in [0.717, 1.165) is 5.56 Å². The number of esters is 1. The zero-order valence-corrected chi connectivity index (χ0v) is 12.4. The number of anilines is 1. The fraction of sp³-hybridized carbons (Fsp3) is 0.125. The van der Waals surface area contributed by atoms with E-state index in [-0.39, 0.29) is 17.2 Å². The number of amides is 1. The van der Waals surface area contributed by atoms with Gasteiger partial charge in [0.2, 0.25) is 0 Å². The highest BCUT2D eigenvalue weighted by molar-refractivity contribution is 6.31. The predicted octanol–water partition coefficient (Wildman–Crippen LogP) is 3.83. The third-order valence-electron chi connectivity index (χ3n) is 2.83. The Balaban J connectivity index is 2.28. The minimum absolute atomic E-state index is 0.224. The Morgan fingerprint density at radius 3 is 2.57 bits per heavy atom. The molecule has 0 aliphatic heterocycles. The molecule has 5 heteroatoms. The lowest BCUT2D eigenvalue weighted by atomic mass is 10.1. The number of ether oxygens (including phenoxy) is 1. The van der Waals surface area contributed by atoms with Crippen molar-refractivity contribution in [1.29, 1.82) is 0 Å². The number of benzene rings is 2. The minimum Gasteiger partial charge on any atom is -0.426 e. The Kier molecular flexibility index (Phi) is 4.60. The van der Waals surface area contributed by atoms with Crippen molar-refractivity contribution >= 4 is 29.2 Å². The number of aryl methyl sites for hydroxylation is 1. The molecule has 4 nitrogen and oxygen atoms in total. The Hall–Kier alpha value is -2.33. The van der Waals surface area contributed by atoms with Crippen molar-refractivity contribution in [3.8, 4) is 5.75 Å². The van der Waals surface area contributed by atoms with E-state index in [9.17, 15) is 9.59 Å². The summed E-state index contributed by atoms with van der Waals surface area (Å²) in [5.41, 5.74) is 1.79. The number of nitrogens with one attached hydrogen (secondary N) is 1. The number of hydrogen-bond donors (Lipinski definition) is 1. The van der Waals surface area contributed by atoms with Gasteiger partial charge in [-0.3, -0.25) is 9.59 Å². The number of hydrogen-bond acceptors (Lipinski definition) is 3. The van der Waals surface area contributed by atoms with Crippen LogP contribution in [-0.4, -0.2) is 11.9 Å². The molecule has 2 aromatic carbocycles. The fourth-order valence-electron chi connectivity index (χ4n) is 1.82. The Labute approximate surface area is 127 Å². The van der Waals surface area contributed by atoms with Crippen LogP contribution in [0.4, 0.5) is 5.69 Å². The van der Waals surface area contributed by atoms with Crippen LogP contribution in [0.25, 0.3) is 0 Å². The maximum Gasteiger partial charge on any atom is 0.308 e. The first-order chi connectivity index (χ1) is 9.97. The van der Waals surface area contributed by atoms with E-state index in [4.69, 9.17) is 16.3 Å². The van der Waals surface area contributed by atoms with E-state index >= 15 is 0 Å². The molecule has 0 bridgehead atoms. The van der Waals surface area contributed by atoms with E-state index in [0.29, 0.717) is 10.7 Å². The van der Waals surface area contributed by atoms with Gasteiger partial charge in [0.15, 0.2) is 0 Å². The quantitative estimate of drug-likeness (QED) is 0.692. The first-order valence-corrected chi connectivity index (χ1v) is 6.70. The summed E-state index contributed by atoms with van der Waals surface area (Å²) in [6.45, 7) is 3.15. The van der Waals surface area contributed by atoms with Crippen molar-refractivity contribution < 1.29 is 14.3 Å². The summed E-state index contributed by atoms with van der Waals surface area (Å²) in [5, 5.41) is 3.30. The Morgan fingerprint density at radius 2 is 1.86 bits per heavy atom. The summed E-state index contributed by atoms with van der Waals surface area (Å²) in [7, 11) is 0. The summed E-state index contributed by atoms with van der Waals surface area (Å²) in [4.78, 5) is 23.4. The number of carbonyl (C=O) groups excluding carboxylic acids is 2. The second kappa shape index (κ2) is 6.41. The summed E-state index contributed by atoms with van der Waals surface area (Å²) < 4.78 is 5.03. The molecule has 0 aliphatic rings. The molecular weight excluding hydrogens is 290 g/mol. The highest BCUT2D eigenvalue weighted by Gasteiger charge is 2.14. The van der Waals surface area contributed by atoms with Gasteiger partial charge in [0, 0.05) is 17.6 Å². The van der Waals surface area contributed by atoms with Crippen LogP contribution in [0.1, 0.15) is 22.8 Å². The second-order valence-electron chi connectivity index (χ2n) is 4.50. The number of halogens is 1. The summed E-state index contributed by atoms with van der Waals surface area (Å²) >= 11 is 5.93. The van der Waals surface area contributed by atoms with Gasteiger partial charge >= 0.3 is 5.97 Å². The van der Waals surface area contributed by atoms with Crippen molar-refractivity contribution in [2.24, 2.45) is 0 Å². The van der Waals surface area contributed by atoms with E-state index in [1.807, 2.05) is 13.0 Å². The van der Waals surface area contributed by atoms with Gasteiger partial charge in [0.1, 0.15) is 5.75 Å². The zero-order valence-electron chi connectivity index (χ0n) is 11.6. The highest BCUT2D eigenvalue weighted by atomic mass is 35.5. The van der Waals surface area contributed by atoms with Crippen molar-refractivity contribution in [2.75, 3.05) is 5.32 Å². The Morgan fingerprint density at radius 1 is 1.14 bits per heavy atom. The smallest absolute Gasteiger partial charge is 0.308 e. The van der Waals surface area contributed by atoms with Gasteiger partial charge in [0.25, 0.3) is 5.91 Å². The van der Waals surface area contributed by atoms with Gasteiger partial charge in [-0.15, -0.1) is 0 Å². The van der Waals surface area contributed by atoms with E-state index < -0.39 is 5.97 Å². The van der Waals surface area contributed by atoms with Gasteiger partial charge in [-0.05, 0) is 36.8 Å². The molecule has 0 atom stereocenters. The molecule has 21 heavy (non-hydrogen) atoms. The molecule has 0 spiro atoms. The van der Waals surface area contributed by atoms with Crippen LogP contribution in [0.3, 0.4) is 0 Å². The third kappa shape index (κ3) is 3.83. The lowest BCUT2D eigenvalue weighted by molar-refractivity contribution is -0.131. The van der Waals surface area contributed by atoms with Gasteiger partial charge < -0.3 is 10.1 Å². The third-order valence-corrected chi connectivity index (χ3v) is 3.07. The molecule has 108 valence electrons. The summed E-state index contributed by atoms with van der Waals surface area (Å²) in [6, 6.07) is 11.8. The number of carbonyl (C=O) groups is 2. The highest BCUT2D eigenvalue weighted by Crippen LogP contribution is 2.23. The SMILES string of the molecule is CC(=O)Oc1ccccc1C(=O)Nc1cc(Cl)ccc1C. The largest absolute Gasteiger partial charge is 0.426 e. The van der Waals surface area contributed by atoms with Crippen LogP contribution in [0.5, 0.6) is 5.75 Å². The first-order valence-electron chi connectivity index (χ1n) is 6.32. The van der Waals surface area contributed by atoms with Crippen LogP contribution >= 0.6 is 11.6 Å². The lowest BCUT2D eigenvalue weighted by Crippen LogP contribution is -2.15. The average Bonchev–Trinajstić information content (AvgIpc) is 2.42. The molecular formula is C16H14ClNO3. The van der Waals surface area contributed by atoms with Crippen LogP contribution in [0, 0.1) is 6.92 Å². The fourth-order valence-corrected chi connectivity index (χ4v) is 1.99. The van der Waals surface area contributed by atoms with Gasteiger partial charge in [0.05, 0.1) is 5.56 Å². The normalized spacial score (nSPS) is 10.0. The van der Waals surface area contributed by atoms with Crippen molar-refractivity contribution in [1.82, 2.24) is 0 Å². The van der Waals surface area contributed by atoms with E-state index in [1.165, 1.54) is 6.92 Å². The van der Waals surface area contributed by atoms with E-state index in [2.05, 4.69) is 5.32 Å². The molecule has 2 rings (SSSR count). The molecule has 0 aliphatic carbocycles. The number of para-hydroxylation sites is 1. The molecule has 2 aromatic rings. The first kappa shape index (κ1) is 15.1. The molecule has 0 radical (unpaired) electrons. The molecule has 0 unspecified atom stereocenters. The summed E-state index contributed by atoms with van der Waals surface area (Å²) in [6.07, 6.45) is 0. The van der Waals surface area contributed by atoms with Crippen molar-refractivity contribution in [3.05, 3.63) is 58.6 Å². The maximum atomic E-state index is 12.3. The molecule has 0 aromatic heterocycles. The van der Waals surface area contributed by atoms with Gasteiger partial charge in [-0.1, -0.05) is 29.8 Å². The van der Waals surface area contributed by atoms with Gasteiger partial charge in [-0.2, -0.15) is 0 Å². The van der Waals surface area contributed by atoms with Crippen LogP contribution in [0.15, 0.2) is 42.5 Å². The van der Waals surface area contributed by atoms with Gasteiger partial charge in [-0.25, -0.2) is 0 Å². The second-order valence-corrected chi connectivity index (χ2v) is 4.94. The van der Waals surface area contributed by atoms with E-state index in [1.54, 1.807) is 36.4 Å². The maximum absolute atomic E-state index is 12.3. The average molecular weight is 304 g/mol. The molecule has 0 fully saturated rings. The van der Waals surface area contributed by atoms with Crippen LogP contribution < -0.4 is 10.1 Å². The predicted molar refractivity (Wildman–Crippen MR) is 81.9 cm³/mol. The monoisotopic (exact) mass is 303 g/mol. The molecule has 0 saturated heterocycles. The lowest BCUT2D eigenvalue weighted by Gasteiger charge is -2.11. The summed E-state index contributed by atoms with van der Waals surface area (Å²) in [5.74, 6) is -0.617.